The fraction of sp³-hybridized carbons (Fsp3) is 0.857. The molecule has 0 radical (unpaired) electrons. The highest BCUT2D eigenvalue weighted by Crippen LogP contribution is 1.99. The minimum atomic E-state index is -0.0453. The van der Waals surface area contributed by atoms with Crippen molar-refractivity contribution < 1.29 is 14.3 Å². The van der Waals surface area contributed by atoms with Gasteiger partial charge in [-0.1, -0.05) is 27.7 Å². The van der Waals surface area contributed by atoms with E-state index < -0.39 is 0 Å². The molecule has 4 nitrogen and oxygen atoms in total. The van der Waals surface area contributed by atoms with Crippen LogP contribution in [-0.4, -0.2) is 31.4 Å². The van der Waals surface area contributed by atoms with Gasteiger partial charge in [0.1, 0.15) is 5.78 Å². The van der Waals surface area contributed by atoms with Crippen LogP contribution in [0.5, 0.6) is 0 Å². The molecule has 4 heteroatoms. The second-order valence-electron chi connectivity index (χ2n) is 5.27. The highest BCUT2D eigenvalue weighted by molar-refractivity contribution is 5.81. The number of rotatable bonds is 10. The second kappa shape index (κ2) is 10.1. The molecule has 0 fully saturated rings. The van der Waals surface area contributed by atoms with E-state index in [2.05, 4.69) is 19.2 Å². The van der Waals surface area contributed by atoms with E-state index >= 15 is 0 Å². The van der Waals surface area contributed by atoms with Gasteiger partial charge < -0.3 is 10.1 Å². The van der Waals surface area contributed by atoms with Crippen LogP contribution >= 0.6 is 0 Å². The minimum absolute atomic E-state index is 0.0428. The Bertz CT molecular complexity index is 249. The Morgan fingerprint density at radius 1 is 1.06 bits per heavy atom. The van der Waals surface area contributed by atoms with Gasteiger partial charge in [-0.15, -0.1) is 0 Å². The van der Waals surface area contributed by atoms with Crippen molar-refractivity contribution in [3.63, 3.8) is 0 Å². The van der Waals surface area contributed by atoms with E-state index in [1.54, 1.807) is 0 Å². The summed E-state index contributed by atoms with van der Waals surface area (Å²) >= 11 is 0. The molecule has 0 spiro atoms. The summed E-state index contributed by atoms with van der Waals surface area (Å²) in [6, 6.07) is 0. The molecule has 0 rings (SSSR count). The molecular weight excluding hydrogens is 230 g/mol. The van der Waals surface area contributed by atoms with Crippen molar-refractivity contribution in [2.45, 2.75) is 47.0 Å². The monoisotopic (exact) mass is 257 g/mol. The van der Waals surface area contributed by atoms with E-state index in [9.17, 15) is 9.59 Å². The highest BCUT2D eigenvalue weighted by atomic mass is 16.5. The van der Waals surface area contributed by atoms with E-state index in [1.165, 1.54) is 0 Å². The quantitative estimate of drug-likeness (QED) is 0.610. The number of amides is 1. The molecule has 0 saturated carbocycles. The van der Waals surface area contributed by atoms with Crippen LogP contribution in [0, 0.1) is 11.8 Å². The van der Waals surface area contributed by atoms with Gasteiger partial charge in [0.15, 0.2) is 0 Å². The topological polar surface area (TPSA) is 55.4 Å². The van der Waals surface area contributed by atoms with Crippen LogP contribution in [0.15, 0.2) is 0 Å². The molecule has 0 unspecified atom stereocenters. The molecule has 0 saturated heterocycles. The maximum atomic E-state index is 11.4. The van der Waals surface area contributed by atoms with Crippen LogP contribution in [0.25, 0.3) is 0 Å². The summed E-state index contributed by atoms with van der Waals surface area (Å²) in [6.07, 6.45) is 1.80. The Hall–Kier alpha value is -0.900. The number of ketones is 1. The first-order chi connectivity index (χ1) is 8.43. The fourth-order valence-corrected chi connectivity index (χ4v) is 1.29. The number of hydrogen-bond donors (Lipinski definition) is 1. The molecule has 0 aliphatic heterocycles. The lowest BCUT2D eigenvalue weighted by Gasteiger charge is -2.08. The van der Waals surface area contributed by atoms with E-state index in [0.717, 1.165) is 6.42 Å². The van der Waals surface area contributed by atoms with Gasteiger partial charge in [0.25, 0.3) is 0 Å². The molecule has 0 atom stereocenters. The predicted octanol–water partition coefficient (Wildman–Crippen LogP) is 2.17. The summed E-state index contributed by atoms with van der Waals surface area (Å²) in [5.41, 5.74) is 0. The smallest absolute Gasteiger partial charge is 0.222 e. The van der Waals surface area contributed by atoms with Crippen LogP contribution in [0.3, 0.4) is 0 Å². The molecule has 18 heavy (non-hydrogen) atoms. The Morgan fingerprint density at radius 3 is 2.28 bits per heavy atom. The summed E-state index contributed by atoms with van der Waals surface area (Å²) in [5, 5.41) is 2.73. The van der Waals surface area contributed by atoms with Crippen LogP contribution < -0.4 is 5.32 Å². The van der Waals surface area contributed by atoms with Gasteiger partial charge in [0, 0.05) is 31.9 Å². The lowest BCUT2D eigenvalue weighted by atomic mass is 10.1. The molecule has 1 N–H and O–H groups in total. The lowest BCUT2D eigenvalue weighted by molar-refractivity contribution is -0.123. The Kier molecular flexibility index (Phi) is 9.56. The molecule has 0 aliphatic carbocycles. The largest absolute Gasteiger partial charge is 0.381 e. The van der Waals surface area contributed by atoms with Crippen LogP contribution in [0.4, 0.5) is 0 Å². The number of Topliss-reactive ketones (excluding diaryl/α,β-unsaturated/α-hetero) is 1. The number of carbonyl (C=O) groups is 2. The zero-order chi connectivity index (χ0) is 14.0. The van der Waals surface area contributed by atoms with Crippen molar-refractivity contribution in [2.75, 3.05) is 19.8 Å². The summed E-state index contributed by atoms with van der Waals surface area (Å²) < 4.78 is 5.35. The maximum absolute atomic E-state index is 11.4. The van der Waals surface area contributed by atoms with E-state index in [1.807, 2.05) is 13.8 Å². The molecule has 106 valence electrons. The molecule has 0 aliphatic rings. The standard InChI is InChI=1S/C14H27NO3/c1-11(2)6-9-18-10-7-14(17)15-8-5-13(16)12(3)4/h11-12H,5-10H2,1-4H3,(H,15,17). The summed E-state index contributed by atoms with van der Waals surface area (Å²) in [6.45, 7) is 9.61. The summed E-state index contributed by atoms with van der Waals surface area (Å²) in [5.74, 6) is 0.807. The van der Waals surface area contributed by atoms with Gasteiger partial charge in [0.2, 0.25) is 5.91 Å². The van der Waals surface area contributed by atoms with Crippen LogP contribution in [0.1, 0.15) is 47.0 Å². The summed E-state index contributed by atoms with van der Waals surface area (Å²) in [7, 11) is 0. The van der Waals surface area contributed by atoms with Crippen molar-refractivity contribution in [2.24, 2.45) is 11.8 Å². The normalized spacial score (nSPS) is 11.0. The minimum Gasteiger partial charge on any atom is -0.381 e. The van der Waals surface area contributed by atoms with Crippen molar-refractivity contribution in [1.29, 1.82) is 0 Å². The maximum Gasteiger partial charge on any atom is 0.222 e. The van der Waals surface area contributed by atoms with Crippen molar-refractivity contribution >= 4 is 11.7 Å². The first kappa shape index (κ1) is 17.1. The van der Waals surface area contributed by atoms with E-state index in [0.29, 0.717) is 38.5 Å². The van der Waals surface area contributed by atoms with Crippen molar-refractivity contribution in [3.8, 4) is 0 Å². The SMILES string of the molecule is CC(C)CCOCCC(=O)NCCC(=O)C(C)C. The first-order valence-electron chi connectivity index (χ1n) is 6.80. The zero-order valence-corrected chi connectivity index (χ0v) is 12.1. The van der Waals surface area contributed by atoms with E-state index in [-0.39, 0.29) is 17.6 Å². The Balaban J connectivity index is 3.41. The van der Waals surface area contributed by atoms with Crippen molar-refractivity contribution in [3.05, 3.63) is 0 Å². The third-order valence-corrected chi connectivity index (χ3v) is 2.65. The second-order valence-corrected chi connectivity index (χ2v) is 5.27. The number of ether oxygens (including phenoxy) is 1. The third kappa shape index (κ3) is 10.3. The van der Waals surface area contributed by atoms with Gasteiger partial charge in [-0.2, -0.15) is 0 Å². The zero-order valence-electron chi connectivity index (χ0n) is 12.1. The average molecular weight is 257 g/mol. The fourth-order valence-electron chi connectivity index (χ4n) is 1.29. The lowest BCUT2D eigenvalue weighted by Crippen LogP contribution is -2.27. The molecule has 0 aromatic carbocycles. The molecular formula is C14H27NO3. The third-order valence-electron chi connectivity index (χ3n) is 2.65. The van der Waals surface area contributed by atoms with Gasteiger partial charge in [-0.05, 0) is 12.3 Å². The Morgan fingerprint density at radius 2 is 1.72 bits per heavy atom. The molecule has 1 amide bonds. The average Bonchev–Trinajstić information content (AvgIpc) is 2.27. The Labute approximate surface area is 110 Å². The molecule has 0 bridgehead atoms. The summed E-state index contributed by atoms with van der Waals surface area (Å²) in [4.78, 5) is 22.7. The number of hydrogen-bond acceptors (Lipinski definition) is 3. The van der Waals surface area contributed by atoms with Gasteiger partial charge in [-0.25, -0.2) is 0 Å². The molecule has 0 aromatic rings. The van der Waals surface area contributed by atoms with E-state index in [4.69, 9.17) is 4.74 Å². The van der Waals surface area contributed by atoms with Crippen LogP contribution in [-0.2, 0) is 14.3 Å². The van der Waals surface area contributed by atoms with Crippen molar-refractivity contribution in [1.82, 2.24) is 5.32 Å². The van der Waals surface area contributed by atoms with Gasteiger partial charge in [-0.3, -0.25) is 9.59 Å². The number of carbonyl (C=O) groups excluding carboxylic acids is 2. The molecule has 0 heterocycles. The van der Waals surface area contributed by atoms with Gasteiger partial charge >= 0.3 is 0 Å². The molecule has 0 aromatic heterocycles. The van der Waals surface area contributed by atoms with Crippen LogP contribution in [0.2, 0.25) is 0 Å². The predicted molar refractivity (Wildman–Crippen MR) is 72.4 cm³/mol. The van der Waals surface area contributed by atoms with Gasteiger partial charge in [0.05, 0.1) is 6.61 Å². The highest BCUT2D eigenvalue weighted by Gasteiger charge is 2.07. The number of nitrogens with one attached hydrogen (secondary N) is 1. The first-order valence-corrected chi connectivity index (χ1v) is 6.80.